The summed E-state index contributed by atoms with van der Waals surface area (Å²) in [6.07, 6.45) is 12.4. The summed E-state index contributed by atoms with van der Waals surface area (Å²) in [5.41, 5.74) is 1.48. The Morgan fingerprint density at radius 2 is 1.76 bits per heavy atom. The molecule has 1 atom stereocenters. The van der Waals surface area contributed by atoms with Crippen molar-refractivity contribution in [2.24, 2.45) is 0 Å². The molecule has 0 aliphatic rings. The van der Waals surface area contributed by atoms with Gasteiger partial charge in [0.15, 0.2) is 0 Å². The van der Waals surface area contributed by atoms with Gasteiger partial charge in [-0.05, 0) is 12.8 Å². The third kappa shape index (κ3) is 4.74. The van der Waals surface area contributed by atoms with Crippen molar-refractivity contribution in [3.63, 3.8) is 0 Å². The summed E-state index contributed by atoms with van der Waals surface area (Å²) in [5.74, 6) is 0. The summed E-state index contributed by atoms with van der Waals surface area (Å²) in [6.45, 7) is 6.89. The van der Waals surface area contributed by atoms with Gasteiger partial charge in [-0.3, -0.25) is 0 Å². The Balaban J connectivity index is 2.53. The van der Waals surface area contributed by atoms with Crippen molar-refractivity contribution in [2.75, 3.05) is 0 Å². The molecule has 0 saturated heterocycles. The van der Waals surface area contributed by atoms with Crippen molar-refractivity contribution in [2.45, 2.75) is 77.6 Å². The minimum absolute atomic E-state index is 0.261. The average molecular weight is 254 g/mol. The Labute approximate surface area is 110 Å². The van der Waals surface area contributed by atoms with E-state index in [1.54, 1.807) is 0 Å². The van der Waals surface area contributed by atoms with Crippen molar-refractivity contribution in [3.05, 3.63) is 11.9 Å². The van der Waals surface area contributed by atoms with Crippen molar-refractivity contribution in [3.8, 4) is 0 Å². The Kier molecular flexibility index (Phi) is 6.71. The lowest BCUT2D eigenvalue weighted by atomic mass is 9.77. The van der Waals surface area contributed by atoms with Crippen LogP contribution in [-0.4, -0.2) is 8.75 Å². The molecule has 1 aromatic rings. The second-order valence-electron chi connectivity index (χ2n) is 5.27. The second-order valence-corrected chi connectivity index (χ2v) is 5.82. The van der Waals surface area contributed by atoms with Crippen molar-refractivity contribution < 1.29 is 0 Å². The van der Waals surface area contributed by atoms with Gasteiger partial charge in [0.05, 0.1) is 23.6 Å². The first-order valence-corrected chi connectivity index (χ1v) is 7.74. The predicted molar refractivity (Wildman–Crippen MR) is 75.5 cm³/mol. The highest BCUT2D eigenvalue weighted by atomic mass is 32.1. The summed E-state index contributed by atoms with van der Waals surface area (Å²) < 4.78 is 8.64. The molecular formula is C14H26N2S. The van der Waals surface area contributed by atoms with Crippen molar-refractivity contribution in [1.29, 1.82) is 0 Å². The third-order valence-electron chi connectivity index (χ3n) is 3.64. The summed E-state index contributed by atoms with van der Waals surface area (Å²) in [7, 11) is 0. The average Bonchev–Trinajstić information content (AvgIpc) is 2.86. The molecule has 0 aromatic carbocycles. The van der Waals surface area contributed by atoms with Gasteiger partial charge in [0.2, 0.25) is 0 Å². The van der Waals surface area contributed by atoms with Crippen LogP contribution in [0.1, 0.15) is 77.8 Å². The highest BCUT2D eigenvalue weighted by molar-refractivity contribution is 6.99. The van der Waals surface area contributed by atoms with Crippen LogP contribution >= 0.6 is 11.7 Å². The van der Waals surface area contributed by atoms with Gasteiger partial charge in [-0.1, -0.05) is 59.3 Å². The van der Waals surface area contributed by atoms with Gasteiger partial charge in [0.25, 0.3) is 0 Å². The zero-order chi connectivity index (χ0) is 12.6. The van der Waals surface area contributed by atoms with Crippen LogP contribution in [0.15, 0.2) is 6.20 Å². The van der Waals surface area contributed by atoms with Crippen LogP contribution in [0.2, 0.25) is 0 Å². The summed E-state index contributed by atoms with van der Waals surface area (Å²) >= 11 is 1.34. The van der Waals surface area contributed by atoms with E-state index in [0.717, 1.165) is 0 Å². The molecule has 0 aliphatic carbocycles. The van der Waals surface area contributed by atoms with Crippen LogP contribution in [0.5, 0.6) is 0 Å². The Morgan fingerprint density at radius 1 is 1.06 bits per heavy atom. The number of unbranched alkanes of at least 4 members (excludes halogenated alkanes) is 4. The van der Waals surface area contributed by atoms with Gasteiger partial charge in [-0.2, -0.15) is 8.75 Å². The largest absolute Gasteiger partial charge is 0.181 e. The lowest BCUT2D eigenvalue weighted by molar-refractivity contribution is 0.362. The zero-order valence-corrected chi connectivity index (χ0v) is 12.4. The molecule has 3 heteroatoms. The van der Waals surface area contributed by atoms with Crippen molar-refractivity contribution in [1.82, 2.24) is 8.75 Å². The Hall–Kier alpha value is -0.440. The maximum Gasteiger partial charge on any atom is 0.0801 e. The van der Waals surface area contributed by atoms with Crippen LogP contribution < -0.4 is 0 Å². The molecule has 0 N–H and O–H groups in total. The van der Waals surface area contributed by atoms with Gasteiger partial charge >= 0.3 is 0 Å². The highest BCUT2D eigenvalue weighted by Gasteiger charge is 2.27. The van der Waals surface area contributed by atoms with E-state index in [4.69, 9.17) is 0 Å². The van der Waals surface area contributed by atoms with Crippen molar-refractivity contribution >= 4 is 11.7 Å². The van der Waals surface area contributed by atoms with Crippen LogP contribution in [-0.2, 0) is 5.41 Å². The first-order chi connectivity index (χ1) is 8.23. The van der Waals surface area contributed by atoms with E-state index in [1.165, 1.54) is 68.8 Å². The normalized spacial score (nSPS) is 14.8. The van der Waals surface area contributed by atoms with Gasteiger partial charge < -0.3 is 0 Å². The molecule has 1 rings (SSSR count). The quantitative estimate of drug-likeness (QED) is 0.582. The highest BCUT2D eigenvalue weighted by Crippen LogP contribution is 2.34. The SMILES string of the molecule is CCCCCCC(C)(CCCC)c1cnsn1. The molecule has 0 amide bonds. The molecule has 0 bridgehead atoms. The molecule has 0 spiro atoms. The van der Waals surface area contributed by atoms with Gasteiger partial charge in [-0.25, -0.2) is 0 Å². The number of aromatic nitrogens is 2. The molecule has 0 aliphatic heterocycles. The standard InChI is InChI=1S/C14H26N2S/c1-4-6-8-9-11-14(3,10-7-5-2)13-12-15-17-16-13/h12H,4-11H2,1-3H3. The minimum Gasteiger partial charge on any atom is -0.181 e. The lowest BCUT2D eigenvalue weighted by Gasteiger charge is -2.27. The fourth-order valence-electron chi connectivity index (χ4n) is 2.32. The van der Waals surface area contributed by atoms with Gasteiger partial charge in [0, 0.05) is 5.41 Å². The van der Waals surface area contributed by atoms with E-state index in [9.17, 15) is 0 Å². The zero-order valence-electron chi connectivity index (χ0n) is 11.5. The smallest absolute Gasteiger partial charge is 0.0801 e. The second kappa shape index (κ2) is 7.80. The van der Waals surface area contributed by atoms with Crippen LogP contribution in [0.3, 0.4) is 0 Å². The monoisotopic (exact) mass is 254 g/mol. The summed E-state index contributed by atoms with van der Waals surface area (Å²) in [4.78, 5) is 0. The van der Waals surface area contributed by atoms with E-state index in [1.807, 2.05) is 6.20 Å². The Morgan fingerprint density at radius 3 is 2.35 bits per heavy atom. The van der Waals surface area contributed by atoms with Gasteiger partial charge in [0.1, 0.15) is 0 Å². The predicted octanol–water partition coefficient (Wildman–Crippen LogP) is 4.96. The van der Waals surface area contributed by atoms with Crippen LogP contribution in [0.25, 0.3) is 0 Å². The topological polar surface area (TPSA) is 25.8 Å². The van der Waals surface area contributed by atoms with E-state index < -0.39 is 0 Å². The molecule has 17 heavy (non-hydrogen) atoms. The number of hydrogen-bond donors (Lipinski definition) is 0. The Bertz CT molecular complexity index is 284. The fraction of sp³-hybridized carbons (Fsp3) is 0.857. The van der Waals surface area contributed by atoms with E-state index in [2.05, 4.69) is 29.5 Å². The molecule has 0 radical (unpaired) electrons. The van der Waals surface area contributed by atoms with E-state index >= 15 is 0 Å². The lowest BCUT2D eigenvalue weighted by Crippen LogP contribution is -2.22. The summed E-state index contributed by atoms with van der Waals surface area (Å²) in [5, 5.41) is 0. The molecule has 2 nitrogen and oxygen atoms in total. The maximum absolute atomic E-state index is 4.47. The molecular weight excluding hydrogens is 228 g/mol. The van der Waals surface area contributed by atoms with Crippen LogP contribution in [0, 0.1) is 0 Å². The number of rotatable bonds is 9. The minimum atomic E-state index is 0.261. The first-order valence-electron chi connectivity index (χ1n) is 7.01. The molecule has 0 saturated carbocycles. The van der Waals surface area contributed by atoms with Crippen LogP contribution in [0.4, 0.5) is 0 Å². The molecule has 0 fully saturated rings. The first kappa shape index (κ1) is 14.6. The van der Waals surface area contributed by atoms with Gasteiger partial charge in [-0.15, -0.1) is 0 Å². The number of nitrogens with zero attached hydrogens (tertiary/aromatic N) is 2. The molecule has 1 heterocycles. The van der Waals surface area contributed by atoms with E-state index in [-0.39, 0.29) is 5.41 Å². The maximum atomic E-state index is 4.47. The molecule has 98 valence electrons. The van der Waals surface area contributed by atoms with E-state index in [0.29, 0.717) is 0 Å². The number of hydrogen-bond acceptors (Lipinski definition) is 3. The fourth-order valence-corrected chi connectivity index (χ4v) is 2.87. The summed E-state index contributed by atoms with van der Waals surface area (Å²) in [6, 6.07) is 0. The third-order valence-corrected chi connectivity index (χ3v) is 4.12. The molecule has 1 aromatic heterocycles. The molecule has 1 unspecified atom stereocenters.